The SMILES string of the molecule is Fc1ccc(-c2noc(-c3cc(N4CCCC4)ccn3)n2)c(Cl)c1. The molecule has 1 aliphatic rings. The van der Waals surface area contributed by atoms with E-state index in [1.807, 2.05) is 12.1 Å². The van der Waals surface area contributed by atoms with Crippen molar-refractivity contribution in [3.05, 3.63) is 47.4 Å². The van der Waals surface area contributed by atoms with Crippen LogP contribution in [-0.4, -0.2) is 28.2 Å². The van der Waals surface area contributed by atoms with Crippen molar-refractivity contribution in [3.8, 4) is 23.0 Å². The first-order valence-corrected chi connectivity index (χ1v) is 8.09. The molecule has 0 bridgehead atoms. The highest BCUT2D eigenvalue weighted by atomic mass is 35.5. The van der Waals surface area contributed by atoms with E-state index in [1.54, 1.807) is 6.20 Å². The summed E-state index contributed by atoms with van der Waals surface area (Å²) in [6.07, 6.45) is 4.13. The van der Waals surface area contributed by atoms with Crippen LogP contribution in [0.2, 0.25) is 5.02 Å². The van der Waals surface area contributed by atoms with E-state index < -0.39 is 5.82 Å². The minimum absolute atomic E-state index is 0.237. The Morgan fingerprint density at radius 1 is 1.12 bits per heavy atom. The Labute approximate surface area is 143 Å². The molecule has 0 atom stereocenters. The van der Waals surface area contributed by atoms with Crippen LogP contribution in [0.1, 0.15) is 12.8 Å². The largest absolute Gasteiger partial charge is 0.371 e. The smallest absolute Gasteiger partial charge is 0.276 e. The normalized spacial score (nSPS) is 14.3. The minimum atomic E-state index is -0.410. The lowest BCUT2D eigenvalue weighted by Gasteiger charge is -2.17. The summed E-state index contributed by atoms with van der Waals surface area (Å²) in [6.45, 7) is 2.09. The third-order valence-electron chi connectivity index (χ3n) is 4.03. The lowest BCUT2D eigenvalue weighted by atomic mass is 10.2. The van der Waals surface area contributed by atoms with E-state index in [2.05, 4.69) is 20.0 Å². The quantitative estimate of drug-likeness (QED) is 0.713. The molecule has 0 aliphatic carbocycles. The first-order chi connectivity index (χ1) is 11.7. The van der Waals surface area contributed by atoms with Crippen molar-refractivity contribution in [2.75, 3.05) is 18.0 Å². The zero-order valence-corrected chi connectivity index (χ0v) is 13.5. The summed E-state index contributed by atoms with van der Waals surface area (Å²) in [5.74, 6) is 0.210. The summed E-state index contributed by atoms with van der Waals surface area (Å²) in [5.41, 5.74) is 2.22. The van der Waals surface area contributed by atoms with Crippen molar-refractivity contribution in [2.24, 2.45) is 0 Å². The average molecular weight is 345 g/mol. The number of nitrogens with zero attached hydrogens (tertiary/aromatic N) is 4. The lowest BCUT2D eigenvalue weighted by Crippen LogP contribution is -2.17. The van der Waals surface area contributed by atoms with Crippen LogP contribution < -0.4 is 4.90 Å². The molecule has 1 aromatic carbocycles. The van der Waals surface area contributed by atoms with Gasteiger partial charge in [0.05, 0.1) is 5.02 Å². The molecule has 0 saturated carbocycles. The van der Waals surface area contributed by atoms with Gasteiger partial charge in [0.2, 0.25) is 5.82 Å². The Morgan fingerprint density at radius 3 is 2.75 bits per heavy atom. The number of pyridine rings is 1. The maximum Gasteiger partial charge on any atom is 0.276 e. The predicted molar refractivity (Wildman–Crippen MR) is 89.4 cm³/mol. The molecule has 1 saturated heterocycles. The molecule has 3 heterocycles. The zero-order chi connectivity index (χ0) is 16.5. The number of hydrogen-bond donors (Lipinski definition) is 0. The Hall–Kier alpha value is -2.47. The second kappa shape index (κ2) is 6.20. The molecule has 4 rings (SSSR count). The van der Waals surface area contributed by atoms with Crippen LogP contribution >= 0.6 is 11.6 Å². The second-order valence-corrected chi connectivity index (χ2v) is 6.05. The molecule has 1 aliphatic heterocycles. The van der Waals surface area contributed by atoms with E-state index in [0.29, 0.717) is 23.0 Å². The van der Waals surface area contributed by atoms with Gasteiger partial charge in [0.15, 0.2) is 0 Å². The van der Waals surface area contributed by atoms with E-state index in [0.717, 1.165) is 18.8 Å². The van der Waals surface area contributed by atoms with E-state index in [9.17, 15) is 4.39 Å². The van der Waals surface area contributed by atoms with Gasteiger partial charge in [-0.15, -0.1) is 0 Å². The molecule has 0 spiro atoms. The summed E-state index contributed by atoms with van der Waals surface area (Å²) in [4.78, 5) is 11.0. The molecule has 3 aromatic rings. The fourth-order valence-corrected chi connectivity index (χ4v) is 3.07. The predicted octanol–water partition coefficient (Wildman–Crippen LogP) is 4.19. The van der Waals surface area contributed by atoms with Crippen molar-refractivity contribution in [3.63, 3.8) is 0 Å². The topological polar surface area (TPSA) is 55.1 Å². The standard InChI is InChI=1S/C17H14ClFN4O/c18-14-9-11(19)3-4-13(14)16-21-17(24-22-16)15-10-12(5-6-20-15)23-7-1-2-8-23/h3-6,9-10H,1-2,7-8H2. The Kier molecular flexibility index (Phi) is 3.90. The molecule has 5 nitrogen and oxygen atoms in total. The maximum atomic E-state index is 13.2. The van der Waals surface area contributed by atoms with Gasteiger partial charge in [-0.3, -0.25) is 4.98 Å². The number of benzene rings is 1. The highest BCUT2D eigenvalue weighted by molar-refractivity contribution is 6.33. The molecule has 0 unspecified atom stereocenters. The summed E-state index contributed by atoms with van der Waals surface area (Å²) in [7, 11) is 0. The number of hydrogen-bond acceptors (Lipinski definition) is 5. The second-order valence-electron chi connectivity index (χ2n) is 5.64. The van der Waals surface area contributed by atoms with Crippen LogP contribution in [0.15, 0.2) is 41.1 Å². The van der Waals surface area contributed by atoms with Crippen LogP contribution in [0.5, 0.6) is 0 Å². The van der Waals surface area contributed by atoms with Gasteiger partial charge in [0, 0.05) is 30.5 Å². The molecule has 0 radical (unpaired) electrons. The zero-order valence-electron chi connectivity index (χ0n) is 12.7. The molecule has 1 fully saturated rings. The van der Waals surface area contributed by atoms with E-state index >= 15 is 0 Å². The van der Waals surface area contributed by atoms with Crippen molar-refractivity contribution in [1.82, 2.24) is 15.1 Å². The highest BCUT2D eigenvalue weighted by Crippen LogP contribution is 2.29. The highest BCUT2D eigenvalue weighted by Gasteiger charge is 2.17. The molecule has 7 heteroatoms. The number of rotatable bonds is 3. The van der Waals surface area contributed by atoms with Crippen molar-refractivity contribution >= 4 is 17.3 Å². The third-order valence-corrected chi connectivity index (χ3v) is 4.34. The van der Waals surface area contributed by atoms with Gasteiger partial charge in [0.1, 0.15) is 11.5 Å². The molecule has 24 heavy (non-hydrogen) atoms. The summed E-state index contributed by atoms with van der Waals surface area (Å²) in [5, 5.41) is 4.17. The fourth-order valence-electron chi connectivity index (χ4n) is 2.82. The third kappa shape index (κ3) is 2.85. The average Bonchev–Trinajstić information content (AvgIpc) is 3.27. The van der Waals surface area contributed by atoms with Crippen LogP contribution in [0, 0.1) is 5.82 Å². The molecule has 122 valence electrons. The molecular weight excluding hydrogens is 331 g/mol. The van der Waals surface area contributed by atoms with Gasteiger partial charge in [-0.2, -0.15) is 4.98 Å². The Balaban J connectivity index is 1.66. The molecule has 0 N–H and O–H groups in total. The van der Waals surface area contributed by atoms with Crippen LogP contribution in [-0.2, 0) is 0 Å². The van der Waals surface area contributed by atoms with Crippen LogP contribution in [0.4, 0.5) is 10.1 Å². The summed E-state index contributed by atoms with van der Waals surface area (Å²) in [6, 6.07) is 7.97. The number of halogens is 2. The number of aromatic nitrogens is 3. The maximum absolute atomic E-state index is 13.2. The lowest BCUT2D eigenvalue weighted by molar-refractivity contribution is 0.431. The fraction of sp³-hybridized carbons (Fsp3) is 0.235. The number of anilines is 1. The Bertz CT molecular complexity index is 877. The molecular formula is C17H14ClFN4O. The van der Waals surface area contributed by atoms with Gasteiger partial charge in [-0.1, -0.05) is 16.8 Å². The van der Waals surface area contributed by atoms with E-state index in [1.165, 1.54) is 31.0 Å². The van der Waals surface area contributed by atoms with Crippen LogP contribution in [0.3, 0.4) is 0 Å². The summed E-state index contributed by atoms with van der Waals surface area (Å²) >= 11 is 6.05. The van der Waals surface area contributed by atoms with Crippen molar-refractivity contribution in [2.45, 2.75) is 12.8 Å². The molecule has 2 aromatic heterocycles. The van der Waals surface area contributed by atoms with Gasteiger partial charge < -0.3 is 9.42 Å². The van der Waals surface area contributed by atoms with Gasteiger partial charge in [0.25, 0.3) is 5.89 Å². The first kappa shape index (κ1) is 15.1. The van der Waals surface area contributed by atoms with Gasteiger partial charge >= 0.3 is 0 Å². The molecule has 0 amide bonds. The van der Waals surface area contributed by atoms with Gasteiger partial charge in [-0.05, 0) is 43.2 Å². The minimum Gasteiger partial charge on any atom is -0.371 e. The first-order valence-electron chi connectivity index (χ1n) is 7.71. The van der Waals surface area contributed by atoms with Crippen molar-refractivity contribution in [1.29, 1.82) is 0 Å². The monoisotopic (exact) mass is 344 g/mol. The Morgan fingerprint density at radius 2 is 1.96 bits per heavy atom. The van der Waals surface area contributed by atoms with Crippen LogP contribution in [0.25, 0.3) is 23.0 Å². The van der Waals surface area contributed by atoms with Gasteiger partial charge in [-0.25, -0.2) is 4.39 Å². The van der Waals surface area contributed by atoms with E-state index in [-0.39, 0.29) is 5.02 Å². The van der Waals surface area contributed by atoms with E-state index in [4.69, 9.17) is 16.1 Å². The summed E-state index contributed by atoms with van der Waals surface area (Å²) < 4.78 is 18.5. The van der Waals surface area contributed by atoms with Crippen molar-refractivity contribution < 1.29 is 8.91 Å².